The molecule has 0 fully saturated rings. The van der Waals surface area contributed by atoms with E-state index in [1.807, 2.05) is 18.3 Å². The summed E-state index contributed by atoms with van der Waals surface area (Å²) in [6.07, 6.45) is 2.02. The smallest absolute Gasteiger partial charge is 0.0843 e. The average molecular weight is 218 g/mol. The van der Waals surface area contributed by atoms with E-state index in [2.05, 4.69) is 30.5 Å². The Balaban J connectivity index is 2.32. The molecular formula is C13H18N2O. The van der Waals surface area contributed by atoms with Crippen molar-refractivity contribution in [2.24, 2.45) is 0 Å². The molecule has 0 amide bonds. The van der Waals surface area contributed by atoms with Gasteiger partial charge >= 0.3 is 0 Å². The molecule has 1 aliphatic heterocycles. The fraction of sp³-hybridized carbons (Fsp3) is 0.385. The SMILES string of the molecule is Cc1c(CO)cccc1[C@H](C)C1=CNCN1. The van der Waals surface area contributed by atoms with Gasteiger partial charge in [0, 0.05) is 17.8 Å². The summed E-state index contributed by atoms with van der Waals surface area (Å²) < 4.78 is 0. The predicted molar refractivity (Wildman–Crippen MR) is 64.7 cm³/mol. The third kappa shape index (κ3) is 1.91. The molecule has 1 aromatic carbocycles. The van der Waals surface area contributed by atoms with Crippen LogP contribution in [0.2, 0.25) is 0 Å². The van der Waals surface area contributed by atoms with Crippen LogP contribution in [0.5, 0.6) is 0 Å². The first kappa shape index (κ1) is 11.0. The van der Waals surface area contributed by atoms with E-state index >= 15 is 0 Å². The highest BCUT2D eigenvalue weighted by atomic mass is 16.3. The van der Waals surface area contributed by atoms with Gasteiger partial charge < -0.3 is 15.7 Å². The summed E-state index contributed by atoms with van der Waals surface area (Å²) in [4.78, 5) is 0. The van der Waals surface area contributed by atoms with Crippen molar-refractivity contribution in [3.63, 3.8) is 0 Å². The Hall–Kier alpha value is -1.48. The molecule has 86 valence electrons. The molecule has 0 bridgehead atoms. The Bertz CT molecular complexity index is 412. The second-order valence-corrected chi connectivity index (χ2v) is 4.17. The summed E-state index contributed by atoms with van der Waals surface area (Å²) in [6, 6.07) is 6.10. The third-order valence-corrected chi connectivity index (χ3v) is 3.24. The van der Waals surface area contributed by atoms with Crippen LogP contribution in [0, 0.1) is 6.92 Å². The average Bonchev–Trinajstić information content (AvgIpc) is 2.82. The zero-order chi connectivity index (χ0) is 11.5. The van der Waals surface area contributed by atoms with Crippen molar-refractivity contribution >= 4 is 0 Å². The lowest BCUT2D eigenvalue weighted by Gasteiger charge is -2.17. The minimum atomic E-state index is 0.108. The molecule has 1 heterocycles. The van der Waals surface area contributed by atoms with E-state index in [-0.39, 0.29) is 6.61 Å². The van der Waals surface area contributed by atoms with Gasteiger partial charge in [0.05, 0.1) is 13.3 Å². The standard InChI is InChI=1S/C13H18N2O/c1-9-11(7-16)4-3-5-12(9)10(2)13-6-14-8-15-13/h3-6,10,14-16H,7-8H2,1-2H3/t10-/m0/s1. The molecule has 3 heteroatoms. The van der Waals surface area contributed by atoms with Crippen molar-refractivity contribution in [1.29, 1.82) is 0 Å². The molecule has 1 atom stereocenters. The van der Waals surface area contributed by atoms with Crippen LogP contribution in [0.4, 0.5) is 0 Å². The zero-order valence-electron chi connectivity index (χ0n) is 9.75. The fourth-order valence-electron chi connectivity index (χ4n) is 2.15. The van der Waals surface area contributed by atoms with Gasteiger partial charge in [-0.3, -0.25) is 0 Å². The van der Waals surface area contributed by atoms with Crippen LogP contribution in [0.15, 0.2) is 30.1 Å². The van der Waals surface area contributed by atoms with Crippen LogP contribution >= 0.6 is 0 Å². The summed E-state index contributed by atoms with van der Waals surface area (Å²) in [7, 11) is 0. The van der Waals surface area contributed by atoms with E-state index in [0.717, 1.165) is 12.2 Å². The van der Waals surface area contributed by atoms with Crippen LogP contribution in [0.3, 0.4) is 0 Å². The number of hydrogen-bond donors (Lipinski definition) is 3. The van der Waals surface area contributed by atoms with Crippen LogP contribution in [-0.4, -0.2) is 11.8 Å². The quantitative estimate of drug-likeness (QED) is 0.721. The summed E-state index contributed by atoms with van der Waals surface area (Å²) >= 11 is 0. The third-order valence-electron chi connectivity index (χ3n) is 3.24. The van der Waals surface area contributed by atoms with E-state index in [9.17, 15) is 5.11 Å². The first-order valence-corrected chi connectivity index (χ1v) is 5.60. The second kappa shape index (κ2) is 4.58. The van der Waals surface area contributed by atoms with E-state index in [1.165, 1.54) is 16.8 Å². The number of aliphatic hydroxyl groups is 1. The van der Waals surface area contributed by atoms with Crippen LogP contribution in [-0.2, 0) is 6.61 Å². The van der Waals surface area contributed by atoms with Crippen molar-refractivity contribution in [1.82, 2.24) is 10.6 Å². The number of benzene rings is 1. The highest BCUT2D eigenvalue weighted by molar-refractivity contribution is 5.39. The molecule has 0 saturated carbocycles. The molecule has 0 aliphatic carbocycles. The van der Waals surface area contributed by atoms with E-state index in [0.29, 0.717) is 5.92 Å². The van der Waals surface area contributed by atoms with E-state index < -0.39 is 0 Å². The molecule has 0 spiro atoms. The van der Waals surface area contributed by atoms with Crippen molar-refractivity contribution in [3.8, 4) is 0 Å². The van der Waals surface area contributed by atoms with Gasteiger partial charge in [-0.05, 0) is 23.6 Å². The van der Waals surface area contributed by atoms with Crippen molar-refractivity contribution in [2.75, 3.05) is 6.67 Å². The number of aliphatic hydroxyl groups excluding tert-OH is 1. The van der Waals surface area contributed by atoms with Gasteiger partial charge in [-0.15, -0.1) is 0 Å². The fourth-order valence-corrected chi connectivity index (χ4v) is 2.15. The topological polar surface area (TPSA) is 44.3 Å². The molecule has 1 aromatic rings. The molecule has 1 aliphatic rings. The Morgan fingerprint density at radius 2 is 2.25 bits per heavy atom. The highest BCUT2D eigenvalue weighted by Gasteiger charge is 2.16. The van der Waals surface area contributed by atoms with Gasteiger partial charge in [-0.25, -0.2) is 0 Å². The molecule has 0 aromatic heterocycles. The molecule has 2 rings (SSSR count). The van der Waals surface area contributed by atoms with Gasteiger partial charge in [0.15, 0.2) is 0 Å². The number of nitrogens with one attached hydrogen (secondary N) is 2. The highest BCUT2D eigenvalue weighted by Crippen LogP contribution is 2.27. The largest absolute Gasteiger partial charge is 0.392 e. The van der Waals surface area contributed by atoms with Crippen LogP contribution in [0.1, 0.15) is 29.5 Å². The van der Waals surface area contributed by atoms with Crippen molar-refractivity contribution in [3.05, 3.63) is 46.8 Å². The van der Waals surface area contributed by atoms with E-state index in [4.69, 9.17) is 0 Å². The Labute approximate surface area is 96.2 Å². The van der Waals surface area contributed by atoms with Gasteiger partial charge in [-0.1, -0.05) is 25.1 Å². The summed E-state index contributed by atoms with van der Waals surface area (Å²) in [5.41, 5.74) is 4.68. The first-order valence-electron chi connectivity index (χ1n) is 5.60. The lowest BCUT2D eigenvalue weighted by atomic mass is 9.91. The lowest BCUT2D eigenvalue weighted by Crippen LogP contribution is -2.17. The second-order valence-electron chi connectivity index (χ2n) is 4.17. The molecule has 0 saturated heterocycles. The normalized spacial score (nSPS) is 16.3. The monoisotopic (exact) mass is 218 g/mol. The van der Waals surface area contributed by atoms with Crippen LogP contribution in [0.25, 0.3) is 0 Å². The first-order chi connectivity index (χ1) is 7.74. The summed E-state index contributed by atoms with van der Waals surface area (Å²) in [5, 5.41) is 15.7. The number of allylic oxidation sites excluding steroid dienone is 1. The Kier molecular flexibility index (Phi) is 3.15. The van der Waals surface area contributed by atoms with Gasteiger partial charge in [-0.2, -0.15) is 0 Å². The Morgan fingerprint density at radius 3 is 2.88 bits per heavy atom. The van der Waals surface area contributed by atoms with E-state index in [1.54, 1.807) is 0 Å². The van der Waals surface area contributed by atoms with Gasteiger partial charge in [0.1, 0.15) is 0 Å². The maximum absolute atomic E-state index is 9.25. The molecule has 3 N–H and O–H groups in total. The Morgan fingerprint density at radius 1 is 1.44 bits per heavy atom. The van der Waals surface area contributed by atoms with Crippen molar-refractivity contribution < 1.29 is 5.11 Å². The van der Waals surface area contributed by atoms with Crippen LogP contribution < -0.4 is 10.6 Å². The van der Waals surface area contributed by atoms with Gasteiger partial charge in [0.25, 0.3) is 0 Å². The summed E-state index contributed by atoms with van der Waals surface area (Å²) in [5.74, 6) is 0.335. The predicted octanol–water partition coefficient (Wildman–Crippen LogP) is 1.58. The number of rotatable bonds is 3. The molecular weight excluding hydrogens is 200 g/mol. The van der Waals surface area contributed by atoms with Gasteiger partial charge in [0.2, 0.25) is 0 Å². The summed E-state index contributed by atoms with van der Waals surface area (Å²) in [6.45, 7) is 5.16. The van der Waals surface area contributed by atoms with Crippen molar-refractivity contribution in [2.45, 2.75) is 26.4 Å². The zero-order valence-corrected chi connectivity index (χ0v) is 9.75. The molecule has 0 radical (unpaired) electrons. The lowest BCUT2D eigenvalue weighted by molar-refractivity contribution is 0.281. The molecule has 0 unspecified atom stereocenters. The minimum Gasteiger partial charge on any atom is -0.392 e. The number of hydrogen-bond acceptors (Lipinski definition) is 3. The minimum absolute atomic E-state index is 0.108. The maximum Gasteiger partial charge on any atom is 0.0843 e. The molecule has 16 heavy (non-hydrogen) atoms. The molecule has 3 nitrogen and oxygen atoms in total. The maximum atomic E-state index is 9.25.